The number of halogens is 1. The smallest absolute Gasteiger partial charge is 0.323 e. The molecule has 2 amide bonds. The zero-order valence-electron chi connectivity index (χ0n) is 17.6. The Hall–Kier alpha value is -3.84. The molecule has 0 radical (unpaired) electrons. The van der Waals surface area contributed by atoms with Crippen LogP contribution in [0, 0.1) is 13.8 Å². The fourth-order valence-electron chi connectivity index (χ4n) is 3.16. The van der Waals surface area contributed by atoms with Crippen LogP contribution < -0.4 is 20.9 Å². The Morgan fingerprint density at radius 2 is 1.84 bits per heavy atom. The molecule has 2 heterocycles. The average molecular weight is 449 g/mol. The van der Waals surface area contributed by atoms with Gasteiger partial charge in [-0.1, -0.05) is 29.8 Å². The number of carbonyl (C=O) groups is 1. The van der Waals surface area contributed by atoms with Gasteiger partial charge >= 0.3 is 6.03 Å². The average Bonchev–Trinajstić information content (AvgIpc) is 2.75. The van der Waals surface area contributed by atoms with E-state index in [9.17, 15) is 9.59 Å². The molecule has 0 unspecified atom stereocenters. The second-order valence-corrected chi connectivity index (χ2v) is 7.81. The highest BCUT2D eigenvalue weighted by molar-refractivity contribution is 6.33. The maximum absolute atomic E-state index is 12.3. The van der Waals surface area contributed by atoms with Crippen molar-refractivity contribution in [3.63, 3.8) is 0 Å². The Balaban J connectivity index is 1.42. The van der Waals surface area contributed by atoms with Gasteiger partial charge in [-0.2, -0.15) is 0 Å². The van der Waals surface area contributed by atoms with Gasteiger partial charge in [0.1, 0.15) is 18.0 Å². The van der Waals surface area contributed by atoms with E-state index in [1.54, 1.807) is 48.7 Å². The number of carbonyl (C=O) groups excluding carboxylic acids is 1. The van der Waals surface area contributed by atoms with Crippen molar-refractivity contribution < 1.29 is 9.53 Å². The maximum Gasteiger partial charge on any atom is 0.323 e. The zero-order valence-corrected chi connectivity index (χ0v) is 18.3. The molecule has 162 valence electrons. The first-order chi connectivity index (χ1) is 15.4. The predicted octanol–water partition coefficient (Wildman–Crippen LogP) is 5.19. The van der Waals surface area contributed by atoms with Crippen molar-refractivity contribution >= 4 is 34.7 Å². The van der Waals surface area contributed by atoms with Gasteiger partial charge in [0.25, 0.3) is 5.56 Å². The summed E-state index contributed by atoms with van der Waals surface area (Å²) in [5.74, 6) is 0.530. The molecule has 8 heteroatoms. The van der Waals surface area contributed by atoms with Crippen LogP contribution in [0.3, 0.4) is 0 Å². The van der Waals surface area contributed by atoms with E-state index < -0.39 is 6.03 Å². The first-order valence-electron chi connectivity index (χ1n) is 9.93. The number of urea groups is 1. The number of hydrogen-bond donors (Lipinski definition) is 2. The van der Waals surface area contributed by atoms with Gasteiger partial charge in [0.2, 0.25) is 0 Å². The van der Waals surface area contributed by atoms with E-state index in [0.29, 0.717) is 33.5 Å². The summed E-state index contributed by atoms with van der Waals surface area (Å²) in [6, 6.07) is 17.1. The van der Waals surface area contributed by atoms with E-state index in [-0.39, 0.29) is 12.2 Å². The Labute approximate surface area is 189 Å². The Morgan fingerprint density at radius 1 is 1.03 bits per heavy atom. The van der Waals surface area contributed by atoms with E-state index in [1.165, 1.54) is 10.5 Å². The van der Waals surface area contributed by atoms with Gasteiger partial charge in [-0.05, 0) is 55.3 Å². The minimum atomic E-state index is -0.424. The Bertz CT molecular complexity index is 1370. The van der Waals surface area contributed by atoms with E-state index in [4.69, 9.17) is 16.3 Å². The van der Waals surface area contributed by atoms with Crippen LogP contribution in [-0.2, 0) is 6.61 Å². The molecule has 2 N–H and O–H groups in total. The maximum atomic E-state index is 12.3. The molecular weight excluding hydrogens is 428 g/mol. The lowest BCUT2D eigenvalue weighted by Gasteiger charge is -2.11. The lowest BCUT2D eigenvalue weighted by atomic mass is 10.2. The highest BCUT2D eigenvalue weighted by Gasteiger charge is 2.08. The van der Waals surface area contributed by atoms with E-state index in [1.807, 2.05) is 26.0 Å². The number of hydrogen-bond acceptors (Lipinski definition) is 4. The monoisotopic (exact) mass is 448 g/mol. The van der Waals surface area contributed by atoms with Crippen molar-refractivity contribution in [1.29, 1.82) is 0 Å². The number of anilines is 2. The van der Waals surface area contributed by atoms with Crippen molar-refractivity contribution in [2.24, 2.45) is 0 Å². The van der Waals surface area contributed by atoms with Gasteiger partial charge in [-0.25, -0.2) is 9.78 Å². The number of nitrogens with one attached hydrogen (secondary N) is 2. The number of pyridine rings is 1. The fraction of sp³-hybridized carbons (Fsp3) is 0.125. The van der Waals surface area contributed by atoms with Crippen LogP contribution in [0.25, 0.3) is 5.65 Å². The molecule has 2 aromatic carbocycles. The van der Waals surface area contributed by atoms with E-state index in [2.05, 4.69) is 15.6 Å². The summed E-state index contributed by atoms with van der Waals surface area (Å²) in [5.41, 5.74) is 3.95. The topological polar surface area (TPSA) is 84.7 Å². The molecule has 4 aromatic rings. The third kappa shape index (κ3) is 5.07. The molecule has 0 aliphatic rings. The number of ether oxygens (including phenoxy) is 1. The van der Waals surface area contributed by atoms with Crippen molar-refractivity contribution in [2.75, 3.05) is 10.6 Å². The standard InChI is InChI=1S/C24H21ClN4O3/c1-15-6-8-21(20(25)10-15)28-24(31)27-17-4-3-5-19(11-17)32-14-18-12-23(30)29-13-16(2)7-9-22(29)26-18/h3-13H,14H2,1-2H3,(H2,27,28,31). The van der Waals surface area contributed by atoms with Gasteiger partial charge in [-0.3, -0.25) is 9.20 Å². The van der Waals surface area contributed by atoms with Crippen LogP contribution in [-0.4, -0.2) is 15.4 Å². The van der Waals surface area contributed by atoms with Gasteiger partial charge in [0.15, 0.2) is 0 Å². The van der Waals surface area contributed by atoms with E-state index in [0.717, 1.165) is 11.1 Å². The molecule has 0 aliphatic heterocycles. The lowest BCUT2D eigenvalue weighted by molar-refractivity contribution is 0.262. The molecule has 0 aliphatic carbocycles. The minimum Gasteiger partial charge on any atom is -0.487 e. The third-order valence-corrected chi connectivity index (χ3v) is 5.02. The van der Waals surface area contributed by atoms with Crippen LogP contribution in [0.15, 0.2) is 71.7 Å². The van der Waals surface area contributed by atoms with Crippen LogP contribution in [0.4, 0.5) is 16.2 Å². The molecule has 0 spiro atoms. The largest absolute Gasteiger partial charge is 0.487 e. The third-order valence-electron chi connectivity index (χ3n) is 4.71. The van der Waals surface area contributed by atoms with Crippen molar-refractivity contribution in [1.82, 2.24) is 9.38 Å². The summed E-state index contributed by atoms with van der Waals surface area (Å²) >= 11 is 6.16. The van der Waals surface area contributed by atoms with Gasteiger partial charge in [-0.15, -0.1) is 0 Å². The second-order valence-electron chi connectivity index (χ2n) is 7.40. The van der Waals surface area contributed by atoms with Crippen molar-refractivity contribution in [3.05, 3.63) is 99.1 Å². The number of aryl methyl sites for hydroxylation is 2. The summed E-state index contributed by atoms with van der Waals surface area (Å²) in [4.78, 5) is 29.1. The summed E-state index contributed by atoms with van der Waals surface area (Å²) in [6.07, 6.45) is 1.75. The summed E-state index contributed by atoms with van der Waals surface area (Å²) in [7, 11) is 0. The molecule has 0 saturated heterocycles. The number of amides is 2. The first kappa shape index (κ1) is 21.4. The molecule has 7 nitrogen and oxygen atoms in total. The van der Waals surface area contributed by atoms with E-state index >= 15 is 0 Å². The predicted molar refractivity (Wildman–Crippen MR) is 126 cm³/mol. The first-order valence-corrected chi connectivity index (χ1v) is 10.3. The Kier molecular flexibility index (Phi) is 6.09. The second kappa shape index (κ2) is 9.11. The molecule has 0 bridgehead atoms. The van der Waals surface area contributed by atoms with Crippen molar-refractivity contribution in [2.45, 2.75) is 20.5 Å². The quantitative estimate of drug-likeness (QED) is 0.440. The van der Waals surface area contributed by atoms with Crippen molar-refractivity contribution in [3.8, 4) is 5.75 Å². The minimum absolute atomic E-state index is 0.119. The van der Waals surface area contributed by atoms with Gasteiger partial charge in [0.05, 0.1) is 16.4 Å². The zero-order chi connectivity index (χ0) is 22.7. The summed E-state index contributed by atoms with van der Waals surface area (Å²) in [6.45, 7) is 3.96. The number of rotatable bonds is 5. The normalized spacial score (nSPS) is 10.7. The molecule has 32 heavy (non-hydrogen) atoms. The molecule has 0 saturated carbocycles. The summed E-state index contributed by atoms with van der Waals surface area (Å²) in [5, 5.41) is 5.94. The van der Waals surface area contributed by atoms with Gasteiger partial charge in [0, 0.05) is 24.0 Å². The molecule has 0 atom stereocenters. The lowest BCUT2D eigenvalue weighted by Crippen LogP contribution is -2.19. The molecule has 2 aromatic heterocycles. The number of benzene rings is 2. The number of aromatic nitrogens is 2. The summed E-state index contributed by atoms with van der Waals surface area (Å²) < 4.78 is 7.29. The Morgan fingerprint density at radius 3 is 2.66 bits per heavy atom. The van der Waals surface area contributed by atoms with Crippen LogP contribution in [0.2, 0.25) is 5.02 Å². The van der Waals surface area contributed by atoms with Crippen LogP contribution in [0.5, 0.6) is 5.75 Å². The molecule has 0 fully saturated rings. The molecule has 4 rings (SSSR count). The van der Waals surface area contributed by atoms with Crippen LogP contribution in [0.1, 0.15) is 16.8 Å². The SMILES string of the molecule is Cc1ccc(NC(=O)Nc2cccc(OCc3cc(=O)n4cc(C)ccc4n3)c2)c(Cl)c1. The highest BCUT2D eigenvalue weighted by Crippen LogP contribution is 2.23. The highest BCUT2D eigenvalue weighted by atomic mass is 35.5. The van der Waals surface area contributed by atoms with Gasteiger partial charge < -0.3 is 15.4 Å². The number of nitrogens with zero attached hydrogens (tertiary/aromatic N) is 2. The fourth-order valence-corrected chi connectivity index (χ4v) is 3.44. The molecular formula is C24H21ClN4O3. The number of fused-ring (bicyclic) bond motifs is 1. The van der Waals surface area contributed by atoms with Crippen LogP contribution >= 0.6 is 11.6 Å².